The summed E-state index contributed by atoms with van der Waals surface area (Å²) >= 11 is 0. The first-order valence-electron chi connectivity index (χ1n) is 6.78. The molecule has 2 heterocycles. The van der Waals surface area contributed by atoms with Crippen molar-refractivity contribution in [3.63, 3.8) is 0 Å². The highest BCUT2D eigenvalue weighted by Gasteiger charge is 2.41. The largest absolute Gasteiger partial charge is 0.378 e. The van der Waals surface area contributed by atoms with Crippen molar-refractivity contribution in [3.8, 4) is 0 Å². The number of piperazine rings is 1. The van der Waals surface area contributed by atoms with Gasteiger partial charge in [0.05, 0.1) is 6.10 Å². The molecule has 2 rings (SSSR count). The smallest absolute Gasteiger partial charge is 0.246 e. The molecule has 0 spiro atoms. The zero-order valence-electron chi connectivity index (χ0n) is 11.3. The summed E-state index contributed by atoms with van der Waals surface area (Å²) in [6.07, 6.45) is 2.45. The number of carbonyl (C=O) groups excluding carboxylic acids is 2. The molecule has 0 aromatic rings. The van der Waals surface area contributed by atoms with E-state index in [4.69, 9.17) is 4.74 Å². The molecule has 4 atom stereocenters. The normalized spacial score (nSPS) is 37.6. The molecule has 0 aliphatic carbocycles. The van der Waals surface area contributed by atoms with Crippen LogP contribution in [0.2, 0.25) is 0 Å². The summed E-state index contributed by atoms with van der Waals surface area (Å²) < 4.78 is 5.51. The Morgan fingerprint density at radius 1 is 1.39 bits per heavy atom. The van der Waals surface area contributed by atoms with E-state index in [0.717, 1.165) is 12.8 Å². The molecule has 0 aromatic heterocycles. The van der Waals surface area contributed by atoms with Gasteiger partial charge < -0.3 is 15.0 Å². The van der Waals surface area contributed by atoms with Gasteiger partial charge in [-0.15, -0.1) is 0 Å². The van der Waals surface area contributed by atoms with Crippen LogP contribution in [0.1, 0.15) is 40.0 Å². The highest BCUT2D eigenvalue weighted by Crippen LogP contribution is 2.24. The van der Waals surface area contributed by atoms with Crippen LogP contribution < -0.4 is 5.32 Å². The highest BCUT2D eigenvalue weighted by molar-refractivity contribution is 5.96. The molecule has 0 saturated carbocycles. The Kier molecular flexibility index (Phi) is 3.90. The lowest BCUT2D eigenvalue weighted by Gasteiger charge is -2.44. The lowest BCUT2D eigenvalue weighted by molar-refractivity contribution is -0.154. The molecule has 2 aliphatic heterocycles. The van der Waals surface area contributed by atoms with Crippen molar-refractivity contribution in [3.05, 3.63) is 0 Å². The number of hydrogen-bond acceptors (Lipinski definition) is 3. The number of ether oxygens (including phenoxy) is 1. The molecule has 5 heteroatoms. The summed E-state index contributed by atoms with van der Waals surface area (Å²) in [5.74, 6) is 0.0179. The van der Waals surface area contributed by atoms with Crippen molar-refractivity contribution < 1.29 is 14.3 Å². The summed E-state index contributed by atoms with van der Waals surface area (Å²) in [7, 11) is 0. The van der Waals surface area contributed by atoms with Crippen LogP contribution in [0.3, 0.4) is 0 Å². The molecule has 18 heavy (non-hydrogen) atoms. The number of rotatable bonds is 2. The van der Waals surface area contributed by atoms with Gasteiger partial charge in [0.25, 0.3) is 0 Å². The van der Waals surface area contributed by atoms with E-state index < -0.39 is 0 Å². The molecule has 4 unspecified atom stereocenters. The van der Waals surface area contributed by atoms with Gasteiger partial charge in [-0.05, 0) is 33.1 Å². The first-order valence-corrected chi connectivity index (χ1v) is 6.78. The van der Waals surface area contributed by atoms with Crippen LogP contribution >= 0.6 is 0 Å². The van der Waals surface area contributed by atoms with Crippen LogP contribution in [0.4, 0.5) is 0 Å². The molecular weight excluding hydrogens is 232 g/mol. The number of nitrogens with one attached hydrogen (secondary N) is 1. The quantitative estimate of drug-likeness (QED) is 0.788. The molecule has 0 aromatic carbocycles. The van der Waals surface area contributed by atoms with E-state index in [1.807, 2.05) is 13.8 Å². The maximum absolute atomic E-state index is 12.4. The van der Waals surface area contributed by atoms with Crippen molar-refractivity contribution in [2.45, 2.75) is 64.3 Å². The number of nitrogens with zero attached hydrogens (tertiary/aromatic N) is 1. The molecule has 2 aliphatic rings. The first-order chi connectivity index (χ1) is 8.54. The Morgan fingerprint density at radius 3 is 2.72 bits per heavy atom. The van der Waals surface area contributed by atoms with E-state index in [1.54, 1.807) is 11.8 Å². The minimum Gasteiger partial charge on any atom is -0.378 e. The molecule has 2 fully saturated rings. The third kappa shape index (κ3) is 2.36. The fourth-order valence-corrected chi connectivity index (χ4v) is 2.85. The summed E-state index contributed by atoms with van der Waals surface area (Å²) in [4.78, 5) is 26.1. The van der Waals surface area contributed by atoms with E-state index in [2.05, 4.69) is 5.32 Å². The lowest BCUT2D eigenvalue weighted by atomic mass is 9.97. The molecule has 0 radical (unpaired) electrons. The van der Waals surface area contributed by atoms with Gasteiger partial charge in [0.1, 0.15) is 12.1 Å². The van der Waals surface area contributed by atoms with Crippen molar-refractivity contribution in [2.75, 3.05) is 6.61 Å². The summed E-state index contributed by atoms with van der Waals surface area (Å²) in [5.41, 5.74) is 0. The van der Waals surface area contributed by atoms with Crippen molar-refractivity contribution in [1.29, 1.82) is 0 Å². The van der Waals surface area contributed by atoms with Crippen LogP contribution in [-0.4, -0.2) is 47.6 Å². The van der Waals surface area contributed by atoms with E-state index in [0.29, 0.717) is 13.0 Å². The van der Waals surface area contributed by atoms with E-state index >= 15 is 0 Å². The Morgan fingerprint density at radius 2 is 2.11 bits per heavy atom. The second-order valence-electron chi connectivity index (χ2n) is 5.25. The third-order valence-corrected chi connectivity index (χ3v) is 3.92. The topological polar surface area (TPSA) is 58.6 Å². The molecule has 2 saturated heterocycles. The van der Waals surface area contributed by atoms with Crippen LogP contribution in [0, 0.1) is 0 Å². The van der Waals surface area contributed by atoms with Crippen LogP contribution in [-0.2, 0) is 14.3 Å². The van der Waals surface area contributed by atoms with Crippen LogP contribution in [0.15, 0.2) is 0 Å². The number of carbonyl (C=O) groups is 2. The first kappa shape index (κ1) is 13.3. The Balaban J connectivity index is 2.16. The SMILES string of the molecule is CCC1NC(=O)C(C)N(C2CCOC(C)C2)C1=O. The third-order valence-electron chi connectivity index (χ3n) is 3.92. The molecule has 5 nitrogen and oxygen atoms in total. The van der Waals surface area contributed by atoms with E-state index in [9.17, 15) is 9.59 Å². The van der Waals surface area contributed by atoms with Gasteiger partial charge in [0.15, 0.2) is 0 Å². The lowest BCUT2D eigenvalue weighted by Crippen LogP contribution is -2.65. The Bertz CT molecular complexity index is 345. The molecule has 2 amide bonds. The maximum Gasteiger partial charge on any atom is 0.246 e. The Labute approximate surface area is 108 Å². The second kappa shape index (κ2) is 5.26. The van der Waals surface area contributed by atoms with Crippen molar-refractivity contribution in [2.24, 2.45) is 0 Å². The molecular formula is C13H22N2O3. The van der Waals surface area contributed by atoms with Gasteiger partial charge >= 0.3 is 0 Å². The van der Waals surface area contributed by atoms with Crippen LogP contribution in [0.25, 0.3) is 0 Å². The van der Waals surface area contributed by atoms with E-state index in [1.165, 1.54) is 0 Å². The summed E-state index contributed by atoms with van der Waals surface area (Å²) in [5, 5.41) is 2.78. The van der Waals surface area contributed by atoms with Gasteiger partial charge in [0.2, 0.25) is 11.8 Å². The highest BCUT2D eigenvalue weighted by atomic mass is 16.5. The predicted molar refractivity (Wildman–Crippen MR) is 67.0 cm³/mol. The fourth-order valence-electron chi connectivity index (χ4n) is 2.85. The number of hydrogen-bond donors (Lipinski definition) is 1. The zero-order chi connectivity index (χ0) is 13.3. The van der Waals surface area contributed by atoms with Gasteiger partial charge in [-0.3, -0.25) is 9.59 Å². The minimum atomic E-state index is -0.365. The van der Waals surface area contributed by atoms with Crippen LogP contribution in [0.5, 0.6) is 0 Å². The zero-order valence-corrected chi connectivity index (χ0v) is 11.3. The second-order valence-corrected chi connectivity index (χ2v) is 5.25. The van der Waals surface area contributed by atoms with Gasteiger partial charge in [-0.2, -0.15) is 0 Å². The Hall–Kier alpha value is -1.10. The molecule has 0 bridgehead atoms. The molecule has 1 N–H and O–H groups in total. The monoisotopic (exact) mass is 254 g/mol. The summed E-state index contributed by atoms with van der Waals surface area (Å²) in [6.45, 7) is 6.41. The van der Waals surface area contributed by atoms with Crippen molar-refractivity contribution in [1.82, 2.24) is 10.2 Å². The average molecular weight is 254 g/mol. The van der Waals surface area contributed by atoms with Gasteiger partial charge in [-0.25, -0.2) is 0 Å². The predicted octanol–water partition coefficient (Wildman–Crippen LogP) is 0.679. The van der Waals surface area contributed by atoms with Crippen molar-refractivity contribution >= 4 is 11.8 Å². The minimum absolute atomic E-state index is 0.0411. The average Bonchev–Trinajstić information content (AvgIpc) is 2.34. The maximum atomic E-state index is 12.4. The van der Waals surface area contributed by atoms with Gasteiger partial charge in [0, 0.05) is 12.6 Å². The molecule has 102 valence electrons. The number of amides is 2. The van der Waals surface area contributed by atoms with Gasteiger partial charge in [-0.1, -0.05) is 6.92 Å². The summed E-state index contributed by atoms with van der Waals surface area (Å²) in [6, 6.07) is -0.584. The standard InChI is InChI=1S/C13H22N2O3/c1-4-11-13(17)15(9(3)12(16)14-11)10-5-6-18-8(2)7-10/h8-11H,4-7H2,1-3H3,(H,14,16). The fraction of sp³-hybridized carbons (Fsp3) is 0.846. The van der Waals surface area contributed by atoms with E-state index in [-0.39, 0.29) is 36.0 Å².